The van der Waals surface area contributed by atoms with Crippen molar-refractivity contribution in [2.45, 2.75) is 64.1 Å². The van der Waals surface area contributed by atoms with Crippen molar-refractivity contribution in [1.29, 1.82) is 0 Å². The predicted octanol–water partition coefficient (Wildman–Crippen LogP) is 1.64. The van der Waals surface area contributed by atoms with Crippen LogP contribution in [0.4, 0.5) is 0 Å². The quantitative estimate of drug-likeness (QED) is 0.507. The van der Waals surface area contributed by atoms with Gasteiger partial charge in [0.05, 0.1) is 6.10 Å². The van der Waals surface area contributed by atoms with E-state index in [1.165, 1.54) is 0 Å². The van der Waals surface area contributed by atoms with E-state index in [1.807, 2.05) is 7.05 Å². The molecule has 2 aliphatic rings. The number of piperidine rings is 1. The molecule has 2 saturated heterocycles. The zero-order valence-corrected chi connectivity index (χ0v) is 17.2. The lowest BCUT2D eigenvalue weighted by atomic mass is 9.89. The third kappa shape index (κ3) is 6.01. The van der Waals surface area contributed by atoms with Gasteiger partial charge in [-0.1, -0.05) is 0 Å². The Morgan fingerprint density at radius 2 is 1.85 bits per heavy atom. The molecule has 2 atom stereocenters. The van der Waals surface area contributed by atoms with Gasteiger partial charge in [-0.05, 0) is 39.8 Å². The smallest absolute Gasteiger partial charge is 0.316 e. The van der Waals surface area contributed by atoms with Crippen LogP contribution in [0.3, 0.4) is 0 Å². The number of carbonyl (C=O) groups is 3. The van der Waals surface area contributed by atoms with E-state index in [0.29, 0.717) is 45.3 Å². The van der Waals surface area contributed by atoms with Gasteiger partial charge in [-0.25, -0.2) is 0 Å². The third-order valence-corrected chi connectivity index (χ3v) is 5.94. The average molecular weight is 383 g/mol. The summed E-state index contributed by atoms with van der Waals surface area (Å²) in [4.78, 5) is 40.8. The number of Topliss-reactive ketones (excluding diaryl/α,β-unsaturated/α-hetero) is 1. The van der Waals surface area contributed by atoms with Crippen LogP contribution < -0.4 is 0 Å². The van der Waals surface area contributed by atoms with Crippen molar-refractivity contribution < 1.29 is 23.9 Å². The maximum atomic E-state index is 12.7. The molecule has 7 heteroatoms. The maximum absolute atomic E-state index is 12.7. The van der Waals surface area contributed by atoms with Crippen LogP contribution >= 0.6 is 0 Å². The molecular formula is C20H34N2O5. The molecular weight excluding hydrogens is 348 g/mol. The number of likely N-dealkylation sites (N-methyl/N-ethyl adjacent to an activating group) is 1. The number of ether oxygens (including phenoxy) is 2. The SMILES string of the molecule is COC1CCCN(C)CC2(CCN(C(C)=O)CC2)OC(=O)C(C)C(=O)CC1. The van der Waals surface area contributed by atoms with E-state index < -0.39 is 17.5 Å². The Kier molecular flexibility index (Phi) is 7.79. The summed E-state index contributed by atoms with van der Waals surface area (Å²) < 4.78 is 11.4. The number of hydrogen-bond donors (Lipinski definition) is 0. The molecule has 0 aliphatic carbocycles. The van der Waals surface area contributed by atoms with Crippen LogP contribution in [0, 0.1) is 5.92 Å². The topological polar surface area (TPSA) is 76.2 Å². The molecule has 0 N–H and O–H groups in total. The fourth-order valence-corrected chi connectivity index (χ4v) is 4.01. The monoisotopic (exact) mass is 382 g/mol. The lowest BCUT2D eigenvalue weighted by molar-refractivity contribution is -0.173. The molecule has 1 spiro atoms. The third-order valence-electron chi connectivity index (χ3n) is 5.94. The molecule has 154 valence electrons. The van der Waals surface area contributed by atoms with Crippen molar-refractivity contribution in [2.75, 3.05) is 40.3 Å². The second-order valence-electron chi connectivity index (χ2n) is 8.07. The van der Waals surface area contributed by atoms with Gasteiger partial charge < -0.3 is 19.3 Å². The van der Waals surface area contributed by atoms with Crippen molar-refractivity contribution in [3.05, 3.63) is 0 Å². The van der Waals surface area contributed by atoms with Crippen molar-refractivity contribution in [3.63, 3.8) is 0 Å². The lowest BCUT2D eigenvalue weighted by Crippen LogP contribution is -2.54. The second-order valence-corrected chi connectivity index (χ2v) is 8.07. The molecule has 0 saturated carbocycles. The number of esters is 1. The number of hydrogen-bond acceptors (Lipinski definition) is 6. The fraction of sp³-hybridized carbons (Fsp3) is 0.850. The summed E-state index contributed by atoms with van der Waals surface area (Å²) in [6, 6.07) is 0. The first-order chi connectivity index (χ1) is 12.8. The van der Waals surface area contributed by atoms with E-state index >= 15 is 0 Å². The molecule has 2 rings (SSSR count). The molecule has 7 nitrogen and oxygen atoms in total. The highest BCUT2D eigenvalue weighted by Gasteiger charge is 2.41. The second kappa shape index (κ2) is 9.64. The van der Waals surface area contributed by atoms with Crippen LogP contribution in [-0.4, -0.2) is 79.5 Å². The number of nitrogens with zero attached hydrogens (tertiary/aromatic N) is 2. The van der Waals surface area contributed by atoms with Gasteiger partial charge in [-0.3, -0.25) is 14.4 Å². The molecule has 1 amide bonds. The van der Waals surface area contributed by atoms with E-state index in [2.05, 4.69) is 4.90 Å². The van der Waals surface area contributed by atoms with Gasteiger partial charge in [-0.2, -0.15) is 0 Å². The standard InChI is InChI=1S/C20H34N2O5/c1-15-18(24)8-7-17(26-4)6-5-11-21(3)14-20(27-19(15)25)9-12-22(13-10-20)16(2)23/h15,17H,5-14H2,1-4H3. The Morgan fingerprint density at radius 1 is 1.19 bits per heavy atom. The van der Waals surface area contributed by atoms with E-state index in [9.17, 15) is 14.4 Å². The summed E-state index contributed by atoms with van der Waals surface area (Å²) in [5, 5.41) is 0. The predicted molar refractivity (Wildman–Crippen MR) is 101 cm³/mol. The van der Waals surface area contributed by atoms with E-state index in [1.54, 1.807) is 25.9 Å². The average Bonchev–Trinajstić information content (AvgIpc) is 2.63. The number of carbonyl (C=O) groups excluding carboxylic acids is 3. The van der Waals surface area contributed by atoms with Gasteiger partial charge in [0.2, 0.25) is 5.91 Å². The van der Waals surface area contributed by atoms with Crippen molar-refractivity contribution in [3.8, 4) is 0 Å². The number of rotatable bonds is 1. The Bertz CT molecular complexity index is 542. The van der Waals surface area contributed by atoms with Crippen LogP contribution in [0.25, 0.3) is 0 Å². The van der Waals surface area contributed by atoms with E-state index in [0.717, 1.165) is 19.4 Å². The highest BCUT2D eigenvalue weighted by molar-refractivity contribution is 5.98. The van der Waals surface area contributed by atoms with Gasteiger partial charge in [0, 0.05) is 52.9 Å². The van der Waals surface area contributed by atoms with Crippen molar-refractivity contribution in [2.24, 2.45) is 5.92 Å². The fourth-order valence-electron chi connectivity index (χ4n) is 4.01. The minimum absolute atomic E-state index is 0.0408. The zero-order valence-electron chi connectivity index (χ0n) is 17.2. The molecule has 2 aliphatic heterocycles. The van der Waals surface area contributed by atoms with Crippen LogP contribution in [0.2, 0.25) is 0 Å². The Hall–Kier alpha value is -1.47. The first-order valence-corrected chi connectivity index (χ1v) is 9.99. The first-order valence-electron chi connectivity index (χ1n) is 9.99. The number of likely N-dealkylation sites (tertiary alicyclic amines) is 1. The molecule has 2 fully saturated rings. The van der Waals surface area contributed by atoms with Gasteiger partial charge in [0.25, 0.3) is 0 Å². The van der Waals surface area contributed by atoms with Crippen LogP contribution in [0.15, 0.2) is 0 Å². The zero-order chi connectivity index (χ0) is 20.0. The minimum Gasteiger partial charge on any atom is -0.457 e. The largest absolute Gasteiger partial charge is 0.457 e. The number of ketones is 1. The normalized spacial score (nSPS) is 28.8. The molecule has 27 heavy (non-hydrogen) atoms. The first kappa shape index (κ1) is 21.8. The highest BCUT2D eigenvalue weighted by Crippen LogP contribution is 2.29. The summed E-state index contributed by atoms with van der Waals surface area (Å²) in [5.41, 5.74) is -0.638. The van der Waals surface area contributed by atoms with Crippen molar-refractivity contribution >= 4 is 17.7 Å². The summed E-state index contributed by atoms with van der Waals surface area (Å²) in [6.45, 7) is 5.83. The Morgan fingerprint density at radius 3 is 2.44 bits per heavy atom. The van der Waals surface area contributed by atoms with Crippen LogP contribution in [-0.2, 0) is 23.9 Å². The molecule has 2 heterocycles. The van der Waals surface area contributed by atoms with Crippen molar-refractivity contribution in [1.82, 2.24) is 9.80 Å². The summed E-state index contributed by atoms with van der Waals surface area (Å²) in [5.74, 6) is -1.26. The minimum atomic E-state index is -0.767. The Labute approximate surface area is 162 Å². The molecule has 2 unspecified atom stereocenters. The van der Waals surface area contributed by atoms with Gasteiger partial charge >= 0.3 is 5.97 Å². The van der Waals surface area contributed by atoms with Crippen LogP contribution in [0.5, 0.6) is 0 Å². The highest BCUT2D eigenvalue weighted by atomic mass is 16.6. The number of amides is 1. The number of methoxy groups -OCH3 is 1. The summed E-state index contributed by atoms with van der Waals surface area (Å²) >= 11 is 0. The summed E-state index contributed by atoms with van der Waals surface area (Å²) in [7, 11) is 3.70. The van der Waals surface area contributed by atoms with E-state index in [4.69, 9.17) is 9.47 Å². The van der Waals surface area contributed by atoms with Gasteiger partial charge in [0.15, 0.2) is 0 Å². The maximum Gasteiger partial charge on any atom is 0.316 e. The molecule has 0 aromatic carbocycles. The molecule has 0 bridgehead atoms. The lowest BCUT2D eigenvalue weighted by Gasteiger charge is -2.43. The molecule has 0 aromatic heterocycles. The summed E-state index contributed by atoms with van der Waals surface area (Å²) in [6.07, 6.45) is 4.06. The molecule has 0 aromatic rings. The van der Waals surface area contributed by atoms with Crippen LogP contribution in [0.1, 0.15) is 52.4 Å². The van der Waals surface area contributed by atoms with E-state index in [-0.39, 0.29) is 17.8 Å². The Balaban J connectivity index is 2.16. The molecule has 0 radical (unpaired) electrons. The van der Waals surface area contributed by atoms with Gasteiger partial charge in [-0.15, -0.1) is 0 Å². The van der Waals surface area contributed by atoms with Gasteiger partial charge in [0.1, 0.15) is 17.3 Å².